The van der Waals surface area contributed by atoms with Gasteiger partial charge < -0.3 is 19.4 Å². The Balaban J connectivity index is 1.50. The van der Waals surface area contributed by atoms with E-state index in [9.17, 15) is 4.79 Å². The van der Waals surface area contributed by atoms with Gasteiger partial charge in [-0.3, -0.25) is 4.79 Å². The van der Waals surface area contributed by atoms with Crippen LogP contribution in [0.3, 0.4) is 0 Å². The van der Waals surface area contributed by atoms with E-state index in [1.165, 1.54) is 11.2 Å². The van der Waals surface area contributed by atoms with E-state index < -0.39 is 0 Å². The number of nitrogens with zero attached hydrogens (tertiary/aromatic N) is 3. The van der Waals surface area contributed by atoms with E-state index in [1.54, 1.807) is 14.1 Å². The third kappa shape index (κ3) is 3.59. The summed E-state index contributed by atoms with van der Waals surface area (Å²) >= 11 is 0. The highest BCUT2D eigenvalue weighted by molar-refractivity contribution is 6.05. The van der Waals surface area contributed by atoms with Crippen molar-refractivity contribution in [2.24, 2.45) is 0 Å². The van der Waals surface area contributed by atoms with Crippen LogP contribution < -0.4 is 10.1 Å². The minimum atomic E-state index is -0.0863. The summed E-state index contributed by atoms with van der Waals surface area (Å²) in [6.07, 6.45) is 1.53. The van der Waals surface area contributed by atoms with E-state index in [-0.39, 0.29) is 12.5 Å². The van der Waals surface area contributed by atoms with Crippen LogP contribution in [0.5, 0.6) is 5.75 Å². The summed E-state index contributed by atoms with van der Waals surface area (Å²) in [5.74, 6) is 1.19. The lowest BCUT2D eigenvalue weighted by Crippen LogP contribution is -2.27. The van der Waals surface area contributed by atoms with Crippen LogP contribution in [-0.4, -0.2) is 41.5 Å². The molecule has 0 unspecified atom stereocenters. The van der Waals surface area contributed by atoms with Crippen molar-refractivity contribution >= 4 is 33.8 Å². The molecule has 0 bridgehead atoms. The lowest BCUT2D eigenvalue weighted by Gasteiger charge is -2.12. The third-order valence-corrected chi connectivity index (χ3v) is 4.38. The number of carbonyl (C=O) groups excluding carboxylic acids is 1. The van der Waals surface area contributed by atoms with Crippen molar-refractivity contribution in [1.29, 1.82) is 0 Å². The molecular formula is C21H20N4O3. The Morgan fingerprint density at radius 3 is 2.86 bits per heavy atom. The number of benzene rings is 2. The summed E-state index contributed by atoms with van der Waals surface area (Å²) in [6.45, 7) is 0.539. The van der Waals surface area contributed by atoms with E-state index >= 15 is 0 Å². The number of hydrogen-bond acceptors (Lipinski definition) is 6. The lowest BCUT2D eigenvalue weighted by molar-refractivity contribution is -0.130. The number of para-hydroxylation sites is 1. The number of amides is 1. The molecule has 0 saturated heterocycles. The number of nitrogens with one attached hydrogen (secondary N) is 1. The van der Waals surface area contributed by atoms with E-state index in [0.29, 0.717) is 23.7 Å². The Labute approximate surface area is 161 Å². The number of fused-ring (bicyclic) bond motifs is 3. The summed E-state index contributed by atoms with van der Waals surface area (Å²) in [7, 11) is 3.40. The number of rotatable bonds is 6. The Morgan fingerprint density at radius 1 is 1.14 bits per heavy atom. The van der Waals surface area contributed by atoms with Gasteiger partial charge in [-0.15, -0.1) is 0 Å². The summed E-state index contributed by atoms with van der Waals surface area (Å²) in [6, 6.07) is 15.4. The van der Waals surface area contributed by atoms with E-state index in [2.05, 4.69) is 15.3 Å². The molecule has 4 aromatic rings. The minimum absolute atomic E-state index is 0.00932. The van der Waals surface area contributed by atoms with Crippen LogP contribution in [-0.2, 0) is 11.3 Å². The summed E-state index contributed by atoms with van der Waals surface area (Å²) in [5.41, 5.74) is 3.19. The van der Waals surface area contributed by atoms with Crippen molar-refractivity contribution in [3.8, 4) is 5.75 Å². The van der Waals surface area contributed by atoms with Crippen LogP contribution in [0.25, 0.3) is 22.1 Å². The fraction of sp³-hybridized carbons (Fsp3) is 0.190. The highest BCUT2D eigenvalue weighted by Gasteiger charge is 2.12. The van der Waals surface area contributed by atoms with Gasteiger partial charge >= 0.3 is 0 Å². The largest absolute Gasteiger partial charge is 0.484 e. The standard InChI is InChI=1S/C21H20N4O3/c1-25(2)18(26)12-27-15-7-5-6-14(10-15)11-22-21-20-19(23-13-24-21)16-8-3-4-9-17(16)28-20/h3-10,13H,11-12H2,1-2H3,(H,22,23,24). The van der Waals surface area contributed by atoms with Crippen LogP contribution >= 0.6 is 0 Å². The molecule has 0 spiro atoms. The number of carbonyl (C=O) groups is 1. The zero-order chi connectivity index (χ0) is 19.5. The molecule has 0 atom stereocenters. The quantitative estimate of drug-likeness (QED) is 0.555. The average molecular weight is 376 g/mol. The maximum atomic E-state index is 11.7. The second-order valence-electron chi connectivity index (χ2n) is 6.58. The molecule has 0 aliphatic heterocycles. The summed E-state index contributed by atoms with van der Waals surface area (Å²) < 4.78 is 11.5. The fourth-order valence-corrected chi connectivity index (χ4v) is 2.85. The average Bonchev–Trinajstić information content (AvgIpc) is 3.10. The van der Waals surface area contributed by atoms with Gasteiger partial charge in [0.2, 0.25) is 0 Å². The first-order valence-corrected chi connectivity index (χ1v) is 8.90. The van der Waals surface area contributed by atoms with Crippen LogP contribution in [0.4, 0.5) is 5.82 Å². The Kier molecular flexibility index (Phi) is 4.80. The molecule has 2 aromatic heterocycles. The molecular weight excluding hydrogens is 356 g/mol. The number of aromatic nitrogens is 2. The SMILES string of the molecule is CN(C)C(=O)COc1cccc(CNc2ncnc3c2oc2ccccc23)c1. The minimum Gasteiger partial charge on any atom is -0.484 e. The van der Waals surface area contributed by atoms with Gasteiger partial charge in [-0.05, 0) is 29.8 Å². The van der Waals surface area contributed by atoms with Crippen molar-refractivity contribution in [1.82, 2.24) is 14.9 Å². The van der Waals surface area contributed by atoms with Crippen molar-refractivity contribution in [3.05, 3.63) is 60.4 Å². The second-order valence-corrected chi connectivity index (χ2v) is 6.58. The molecule has 2 aromatic carbocycles. The molecule has 0 radical (unpaired) electrons. The fourth-order valence-electron chi connectivity index (χ4n) is 2.85. The van der Waals surface area contributed by atoms with Gasteiger partial charge in [-0.25, -0.2) is 9.97 Å². The molecule has 0 aliphatic rings. The van der Waals surface area contributed by atoms with Crippen molar-refractivity contribution in [2.45, 2.75) is 6.54 Å². The number of likely N-dealkylation sites (N-methyl/N-ethyl adjacent to an activating group) is 1. The predicted octanol–water partition coefficient (Wildman–Crippen LogP) is 3.46. The normalized spacial score (nSPS) is 10.9. The molecule has 0 saturated carbocycles. The van der Waals surface area contributed by atoms with Gasteiger partial charge in [0.15, 0.2) is 18.0 Å². The highest BCUT2D eigenvalue weighted by Crippen LogP contribution is 2.30. The molecule has 0 fully saturated rings. The zero-order valence-electron chi connectivity index (χ0n) is 15.7. The highest BCUT2D eigenvalue weighted by atomic mass is 16.5. The van der Waals surface area contributed by atoms with Crippen molar-refractivity contribution < 1.29 is 13.9 Å². The van der Waals surface area contributed by atoms with Gasteiger partial charge in [0.1, 0.15) is 23.2 Å². The predicted molar refractivity (Wildman–Crippen MR) is 107 cm³/mol. The van der Waals surface area contributed by atoms with Gasteiger partial charge in [-0.2, -0.15) is 0 Å². The first-order valence-electron chi connectivity index (χ1n) is 8.90. The number of anilines is 1. The second kappa shape index (κ2) is 7.56. The Morgan fingerprint density at radius 2 is 2.00 bits per heavy atom. The van der Waals surface area contributed by atoms with Gasteiger partial charge in [0, 0.05) is 26.0 Å². The number of hydrogen-bond donors (Lipinski definition) is 1. The number of furan rings is 1. The van der Waals surface area contributed by atoms with Gasteiger partial charge in [0.25, 0.3) is 5.91 Å². The summed E-state index contributed by atoms with van der Waals surface area (Å²) in [4.78, 5) is 21.8. The van der Waals surface area contributed by atoms with E-state index in [4.69, 9.17) is 9.15 Å². The first-order chi connectivity index (χ1) is 13.6. The molecule has 7 heteroatoms. The van der Waals surface area contributed by atoms with Crippen LogP contribution in [0.15, 0.2) is 59.3 Å². The van der Waals surface area contributed by atoms with Crippen molar-refractivity contribution in [2.75, 3.05) is 26.0 Å². The first kappa shape index (κ1) is 17.8. The monoisotopic (exact) mass is 376 g/mol. The Hall–Kier alpha value is -3.61. The molecule has 142 valence electrons. The molecule has 1 N–H and O–H groups in total. The molecule has 0 aliphatic carbocycles. The molecule has 1 amide bonds. The van der Waals surface area contributed by atoms with Crippen LogP contribution in [0, 0.1) is 0 Å². The van der Waals surface area contributed by atoms with E-state index in [1.807, 2.05) is 48.5 Å². The molecule has 7 nitrogen and oxygen atoms in total. The molecule has 4 rings (SSSR count). The van der Waals surface area contributed by atoms with Crippen LogP contribution in [0.1, 0.15) is 5.56 Å². The molecule has 28 heavy (non-hydrogen) atoms. The third-order valence-electron chi connectivity index (χ3n) is 4.38. The van der Waals surface area contributed by atoms with Crippen LogP contribution in [0.2, 0.25) is 0 Å². The van der Waals surface area contributed by atoms with Crippen molar-refractivity contribution in [3.63, 3.8) is 0 Å². The smallest absolute Gasteiger partial charge is 0.259 e. The topological polar surface area (TPSA) is 80.5 Å². The van der Waals surface area contributed by atoms with Gasteiger partial charge in [-0.1, -0.05) is 24.3 Å². The zero-order valence-corrected chi connectivity index (χ0v) is 15.7. The number of ether oxygens (including phenoxy) is 1. The molecule has 2 heterocycles. The van der Waals surface area contributed by atoms with E-state index in [0.717, 1.165) is 22.0 Å². The summed E-state index contributed by atoms with van der Waals surface area (Å²) in [5, 5.41) is 4.26. The lowest BCUT2D eigenvalue weighted by atomic mass is 10.2. The maximum Gasteiger partial charge on any atom is 0.259 e. The van der Waals surface area contributed by atoms with Gasteiger partial charge in [0.05, 0.1) is 0 Å². The Bertz CT molecular complexity index is 1140. The maximum absolute atomic E-state index is 11.7.